The average molecular weight is 333 g/mol. The van der Waals surface area contributed by atoms with Gasteiger partial charge in [0.2, 0.25) is 11.8 Å². The number of halogens is 2. The number of nitrogens with zero attached hydrogens (tertiary/aromatic N) is 1. The maximum absolute atomic E-state index is 12.9. The zero-order valence-electron chi connectivity index (χ0n) is 12.1. The first-order chi connectivity index (χ1) is 11.0. The number of rotatable bonds is 3. The Morgan fingerprint density at radius 3 is 2.57 bits per heavy atom. The van der Waals surface area contributed by atoms with Gasteiger partial charge in [-0.25, -0.2) is 4.39 Å². The van der Waals surface area contributed by atoms with Crippen LogP contribution in [0.5, 0.6) is 0 Å². The molecule has 0 radical (unpaired) electrons. The van der Waals surface area contributed by atoms with Gasteiger partial charge in [0, 0.05) is 18.7 Å². The van der Waals surface area contributed by atoms with Crippen LogP contribution >= 0.6 is 11.6 Å². The van der Waals surface area contributed by atoms with E-state index in [1.165, 1.54) is 29.2 Å². The van der Waals surface area contributed by atoms with Gasteiger partial charge in [-0.2, -0.15) is 0 Å². The van der Waals surface area contributed by atoms with Crippen molar-refractivity contribution in [2.75, 3.05) is 16.8 Å². The summed E-state index contributed by atoms with van der Waals surface area (Å²) in [7, 11) is 0. The highest BCUT2D eigenvalue weighted by Gasteiger charge is 2.35. The Morgan fingerprint density at radius 1 is 1.17 bits per heavy atom. The summed E-state index contributed by atoms with van der Waals surface area (Å²) in [5.74, 6) is -1.25. The van der Waals surface area contributed by atoms with Crippen LogP contribution < -0.4 is 10.2 Å². The molecule has 1 saturated heterocycles. The Bertz CT molecular complexity index is 749. The average Bonchev–Trinajstić information content (AvgIpc) is 2.92. The molecule has 6 heteroatoms. The Balaban J connectivity index is 1.71. The van der Waals surface area contributed by atoms with Crippen molar-refractivity contribution in [3.05, 3.63) is 59.4 Å². The normalized spacial score (nSPS) is 17.4. The van der Waals surface area contributed by atoms with Gasteiger partial charge in [0.15, 0.2) is 0 Å². The minimum Gasteiger partial charge on any atom is -0.326 e. The third-order valence-corrected chi connectivity index (χ3v) is 4.07. The standard InChI is InChI=1S/C17H14ClFN2O2/c18-14-3-1-2-4-15(14)21-10-11(9-16(21)22)17(23)20-13-7-5-12(19)6-8-13/h1-8,11H,9-10H2,(H,20,23)/t11-/m0/s1. The Labute approximate surface area is 137 Å². The van der Waals surface area contributed by atoms with E-state index in [1.54, 1.807) is 24.3 Å². The van der Waals surface area contributed by atoms with Crippen LogP contribution in [0.4, 0.5) is 15.8 Å². The molecule has 0 aliphatic carbocycles. The van der Waals surface area contributed by atoms with Gasteiger partial charge in [0.05, 0.1) is 16.6 Å². The van der Waals surface area contributed by atoms with E-state index >= 15 is 0 Å². The Morgan fingerprint density at radius 2 is 1.87 bits per heavy atom. The molecule has 2 aromatic rings. The maximum atomic E-state index is 12.9. The quantitative estimate of drug-likeness (QED) is 0.935. The molecule has 0 saturated carbocycles. The molecule has 1 fully saturated rings. The zero-order chi connectivity index (χ0) is 16.4. The second kappa shape index (κ2) is 6.38. The molecule has 0 unspecified atom stereocenters. The summed E-state index contributed by atoms with van der Waals surface area (Å²) >= 11 is 6.11. The van der Waals surface area contributed by atoms with Gasteiger partial charge in [-0.1, -0.05) is 23.7 Å². The molecule has 3 rings (SSSR count). The number of amides is 2. The van der Waals surface area contributed by atoms with E-state index in [9.17, 15) is 14.0 Å². The van der Waals surface area contributed by atoms with Gasteiger partial charge in [-0.15, -0.1) is 0 Å². The van der Waals surface area contributed by atoms with Crippen molar-refractivity contribution in [1.29, 1.82) is 0 Å². The van der Waals surface area contributed by atoms with E-state index in [0.717, 1.165) is 0 Å². The number of hydrogen-bond acceptors (Lipinski definition) is 2. The van der Waals surface area contributed by atoms with Crippen LogP contribution in [0, 0.1) is 11.7 Å². The largest absolute Gasteiger partial charge is 0.326 e. The first-order valence-corrected chi connectivity index (χ1v) is 7.54. The van der Waals surface area contributed by atoms with Crippen molar-refractivity contribution >= 4 is 34.8 Å². The molecule has 0 bridgehead atoms. The van der Waals surface area contributed by atoms with E-state index in [2.05, 4.69) is 5.32 Å². The van der Waals surface area contributed by atoms with Crippen LogP contribution in [-0.4, -0.2) is 18.4 Å². The molecule has 1 N–H and O–H groups in total. The van der Waals surface area contributed by atoms with Crippen LogP contribution in [-0.2, 0) is 9.59 Å². The van der Waals surface area contributed by atoms with E-state index in [-0.39, 0.29) is 30.6 Å². The molecule has 0 aromatic heterocycles. The number of nitrogens with one attached hydrogen (secondary N) is 1. The van der Waals surface area contributed by atoms with Crippen molar-refractivity contribution in [1.82, 2.24) is 0 Å². The van der Waals surface area contributed by atoms with Crippen molar-refractivity contribution < 1.29 is 14.0 Å². The highest BCUT2D eigenvalue weighted by molar-refractivity contribution is 6.33. The highest BCUT2D eigenvalue weighted by Crippen LogP contribution is 2.31. The molecule has 1 heterocycles. The molecule has 118 valence electrons. The van der Waals surface area contributed by atoms with E-state index in [4.69, 9.17) is 11.6 Å². The number of carbonyl (C=O) groups excluding carboxylic acids is 2. The van der Waals surface area contributed by atoms with Crippen molar-refractivity contribution in [3.63, 3.8) is 0 Å². The first-order valence-electron chi connectivity index (χ1n) is 7.16. The molecular weight excluding hydrogens is 319 g/mol. The molecule has 23 heavy (non-hydrogen) atoms. The molecule has 2 aromatic carbocycles. The molecule has 1 atom stereocenters. The summed E-state index contributed by atoms with van der Waals surface area (Å²) in [6.45, 7) is 0.273. The van der Waals surface area contributed by atoms with Gasteiger partial charge < -0.3 is 10.2 Å². The zero-order valence-corrected chi connectivity index (χ0v) is 12.9. The van der Waals surface area contributed by atoms with Gasteiger partial charge in [-0.3, -0.25) is 9.59 Å². The lowest BCUT2D eigenvalue weighted by atomic mass is 10.1. The number of anilines is 2. The predicted molar refractivity (Wildman–Crippen MR) is 86.9 cm³/mol. The fourth-order valence-corrected chi connectivity index (χ4v) is 2.80. The van der Waals surface area contributed by atoms with Crippen LogP contribution in [0.3, 0.4) is 0 Å². The Hall–Kier alpha value is -2.40. The summed E-state index contributed by atoms with van der Waals surface area (Å²) in [6, 6.07) is 12.5. The maximum Gasteiger partial charge on any atom is 0.229 e. The summed E-state index contributed by atoms with van der Waals surface area (Å²) in [6.07, 6.45) is 0.123. The second-order valence-electron chi connectivity index (χ2n) is 5.35. The van der Waals surface area contributed by atoms with E-state index < -0.39 is 5.92 Å². The third kappa shape index (κ3) is 3.35. The lowest BCUT2D eigenvalue weighted by Gasteiger charge is -2.18. The van der Waals surface area contributed by atoms with Crippen LogP contribution in [0.15, 0.2) is 48.5 Å². The minimum absolute atomic E-state index is 0.123. The fraction of sp³-hybridized carbons (Fsp3) is 0.176. The second-order valence-corrected chi connectivity index (χ2v) is 5.76. The molecular formula is C17H14ClFN2O2. The number of benzene rings is 2. The van der Waals surface area contributed by atoms with Gasteiger partial charge in [-0.05, 0) is 36.4 Å². The monoisotopic (exact) mass is 332 g/mol. The lowest BCUT2D eigenvalue weighted by molar-refractivity contribution is -0.122. The summed E-state index contributed by atoms with van der Waals surface area (Å²) in [5, 5.41) is 3.17. The number of hydrogen-bond donors (Lipinski definition) is 1. The minimum atomic E-state index is -0.469. The number of carbonyl (C=O) groups is 2. The van der Waals surface area contributed by atoms with E-state index in [1.807, 2.05) is 0 Å². The molecule has 1 aliphatic rings. The summed E-state index contributed by atoms with van der Waals surface area (Å²) in [5.41, 5.74) is 1.11. The third-order valence-electron chi connectivity index (χ3n) is 3.75. The molecule has 0 spiro atoms. The SMILES string of the molecule is O=C(Nc1ccc(F)cc1)[C@H]1CC(=O)N(c2ccccc2Cl)C1. The van der Waals surface area contributed by atoms with Crippen molar-refractivity contribution in [2.45, 2.75) is 6.42 Å². The van der Waals surface area contributed by atoms with Crippen LogP contribution in [0.1, 0.15) is 6.42 Å². The number of para-hydroxylation sites is 1. The van der Waals surface area contributed by atoms with Gasteiger partial charge in [0.1, 0.15) is 5.82 Å². The fourth-order valence-electron chi connectivity index (χ4n) is 2.56. The Kier molecular flexibility index (Phi) is 4.30. The summed E-state index contributed by atoms with van der Waals surface area (Å²) in [4.78, 5) is 26.0. The van der Waals surface area contributed by atoms with Crippen LogP contribution in [0.2, 0.25) is 5.02 Å². The molecule has 2 amide bonds. The predicted octanol–water partition coefficient (Wildman–Crippen LogP) is 3.47. The lowest BCUT2D eigenvalue weighted by Crippen LogP contribution is -2.28. The van der Waals surface area contributed by atoms with Gasteiger partial charge in [0.25, 0.3) is 0 Å². The topological polar surface area (TPSA) is 49.4 Å². The van der Waals surface area contributed by atoms with Crippen molar-refractivity contribution in [3.8, 4) is 0 Å². The van der Waals surface area contributed by atoms with Crippen molar-refractivity contribution in [2.24, 2.45) is 5.92 Å². The highest BCUT2D eigenvalue weighted by atomic mass is 35.5. The molecule has 1 aliphatic heterocycles. The summed E-state index contributed by atoms with van der Waals surface area (Å²) < 4.78 is 12.9. The smallest absolute Gasteiger partial charge is 0.229 e. The van der Waals surface area contributed by atoms with Crippen LogP contribution in [0.25, 0.3) is 0 Å². The van der Waals surface area contributed by atoms with E-state index in [0.29, 0.717) is 16.4 Å². The molecule has 4 nitrogen and oxygen atoms in total. The van der Waals surface area contributed by atoms with Gasteiger partial charge >= 0.3 is 0 Å². The first kappa shape index (κ1) is 15.5.